The third kappa shape index (κ3) is 4.33. The van der Waals surface area contributed by atoms with Crippen LogP contribution in [-0.4, -0.2) is 53.1 Å². The second-order valence-corrected chi connectivity index (χ2v) is 8.16. The highest BCUT2D eigenvalue weighted by molar-refractivity contribution is 5.85. The van der Waals surface area contributed by atoms with Crippen molar-refractivity contribution in [3.63, 3.8) is 0 Å². The predicted octanol–water partition coefficient (Wildman–Crippen LogP) is 3.99. The van der Waals surface area contributed by atoms with Crippen molar-refractivity contribution in [3.8, 4) is 0 Å². The van der Waals surface area contributed by atoms with Crippen molar-refractivity contribution in [3.05, 3.63) is 48.0 Å². The van der Waals surface area contributed by atoms with Gasteiger partial charge >= 0.3 is 5.97 Å². The molecule has 0 saturated carbocycles. The second-order valence-electron chi connectivity index (χ2n) is 8.16. The highest BCUT2D eigenvalue weighted by Gasteiger charge is 2.34. The fourth-order valence-corrected chi connectivity index (χ4v) is 5.06. The van der Waals surface area contributed by atoms with Crippen LogP contribution in [0.4, 0.5) is 0 Å². The highest BCUT2D eigenvalue weighted by atomic mass is 16.4. The van der Waals surface area contributed by atoms with Crippen molar-refractivity contribution in [2.75, 3.05) is 26.2 Å². The van der Waals surface area contributed by atoms with Crippen LogP contribution in [0.15, 0.2) is 42.5 Å². The van der Waals surface area contributed by atoms with Gasteiger partial charge in [-0.15, -0.1) is 0 Å². The highest BCUT2D eigenvalue weighted by Crippen LogP contribution is 2.30. The molecule has 0 spiro atoms. The summed E-state index contributed by atoms with van der Waals surface area (Å²) in [6, 6.07) is 15.7. The molecule has 2 heterocycles. The fourth-order valence-electron chi connectivity index (χ4n) is 5.06. The zero-order valence-corrected chi connectivity index (χ0v) is 16.0. The lowest BCUT2D eigenvalue weighted by Crippen LogP contribution is -2.50. The molecule has 4 nitrogen and oxygen atoms in total. The summed E-state index contributed by atoms with van der Waals surface area (Å²) in [7, 11) is 0. The zero-order chi connectivity index (χ0) is 18.6. The van der Waals surface area contributed by atoms with Gasteiger partial charge in [0.1, 0.15) is 0 Å². The Morgan fingerprint density at radius 2 is 1.81 bits per heavy atom. The molecule has 0 radical (unpaired) electrons. The van der Waals surface area contributed by atoms with E-state index in [1.165, 1.54) is 42.3 Å². The number of hydrogen-bond acceptors (Lipinski definition) is 3. The van der Waals surface area contributed by atoms with Crippen LogP contribution in [0.25, 0.3) is 10.8 Å². The molecular formula is C23H30N2O2. The number of hydrogen-bond donors (Lipinski definition) is 1. The van der Waals surface area contributed by atoms with Crippen LogP contribution < -0.4 is 0 Å². The molecule has 4 rings (SSSR count). The maximum absolute atomic E-state index is 11.2. The van der Waals surface area contributed by atoms with Crippen LogP contribution in [0, 0.1) is 5.92 Å². The number of likely N-dealkylation sites (tertiary alicyclic amines) is 2. The lowest BCUT2D eigenvalue weighted by atomic mass is 9.86. The van der Waals surface area contributed by atoms with E-state index >= 15 is 0 Å². The van der Waals surface area contributed by atoms with Gasteiger partial charge in [-0.3, -0.25) is 9.69 Å². The number of carbonyl (C=O) groups is 1. The Bertz CT molecular complexity index is 780. The maximum atomic E-state index is 11.2. The number of rotatable bonds is 6. The van der Waals surface area contributed by atoms with Gasteiger partial charge in [0.25, 0.3) is 0 Å². The van der Waals surface area contributed by atoms with E-state index in [9.17, 15) is 9.90 Å². The van der Waals surface area contributed by atoms with E-state index in [1.807, 2.05) is 0 Å². The summed E-state index contributed by atoms with van der Waals surface area (Å²) < 4.78 is 0. The first-order valence-electron chi connectivity index (χ1n) is 10.4. The number of fused-ring (bicyclic) bond motifs is 1. The van der Waals surface area contributed by atoms with Crippen molar-refractivity contribution >= 4 is 16.7 Å². The van der Waals surface area contributed by atoms with Crippen molar-refractivity contribution in [2.24, 2.45) is 5.92 Å². The molecular weight excluding hydrogens is 336 g/mol. The Morgan fingerprint density at radius 3 is 2.63 bits per heavy atom. The predicted molar refractivity (Wildman–Crippen MR) is 109 cm³/mol. The van der Waals surface area contributed by atoms with Gasteiger partial charge in [0.05, 0.1) is 0 Å². The zero-order valence-electron chi connectivity index (χ0n) is 16.0. The quantitative estimate of drug-likeness (QED) is 0.839. The number of piperidine rings is 1. The Kier molecular flexibility index (Phi) is 5.74. The molecule has 4 heteroatoms. The van der Waals surface area contributed by atoms with Crippen LogP contribution in [0.5, 0.6) is 0 Å². The molecule has 0 amide bonds. The lowest BCUT2D eigenvalue weighted by Gasteiger charge is -2.43. The van der Waals surface area contributed by atoms with Gasteiger partial charge in [0, 0.05) is 25.6 Å². The third-order valence-electron chi connectivity index (χ3n) is 6.39. The summed E-state index contributed by atoms with van der Waals surface area (Å²) in [6.07, 6.45) is 4.83. The van der Waals surface area contributed by atoms with Crippen molar-refractivity contribution < 1.29 is 9.90 Å². The molecule has 1 N–H and O–H groups in total. The van der Waals surface area contributed by atoms with Crippen molar-refractivity contribution in [2.45, 2.75) is 44.7 Å². The van der Waals surface area contributed by atoms with Crippen LogP contribution in [0.1, 0.15) is 37.7 Å². The van der Waals surface area contributed by atoms with Gasteiger partial charge in [0.2, 0.25) is 0 Å². The average Bonchev–Trinajstić information content (AvgIpc) is 3.21. The Morgan fingerprint density at radius 1 is 1.04 bits per heavy atom. The van der Waals surface area contributed by atoms with Gasteiger partial charge in [-0.25, -0.2) is 0 Å². The summed E-state index contributed by atoms with van der Waals surface area (Å²) in [5.41, 5.74) is 1.38. The van der Waals surface area contributed by atoms with E-state index in [4.69, 9.17) is 0 Å². The molecule has 2 saturated heterocycles. The lowest BCUT2D eigenvalue weighted by molar-refractivity contribution is -0.137. The molecule has 0 unspecified atom stereocenters. The first-order chi connectivity index (χ1) is 13.2. The molecule has 27 heavy (non-hydrogen) atoms. The minimum absolute atomic E-state index is 0.289. The normalized spacial score (nSPS) is 24.4. The van der Waals surface area contributed by atoms with Gasteiger partial charge in [0.15, 0.2) is 0 Å². The largest absolute Gasteiger partial charge is 0.481 e. The number of benzene rings is 2. The number of nitrogens with zero attached hydrogens (tertiary/aromatic N) is 2. The molecule has 0 aliphatic carbocycles. The topological polar surface area (TPSA) is 43.8 Å². The van der Waals surface area contributed by atoms with Crippen molar-refractivity contribution in [1.29, 1.82) is 0 Å². The number of aliphatic carboxylic acids is 1. The monoisotopic (exact) mass is 366 g/mol. The first kappa shape index (κ1) is 18.5. The van der Waals surface area contributed by atoms with E-state index in [2.05, 4.69) is 52.3 Å². The Balaban J connectivity index is 1.48. The Hall–Kier alpha value is -1.91. The van der Waals surface area contributed by atoms with Gasteiger partial charge in [-0.1, -0.05) is 42.5 Å². The summed E-state index contributed by atoms with van der Waals surface area (Å²) in [6.45, 7) is 5.46. The van der Waals surface area contributed by atoms with Crippen LogP contribution in [-0.2, 0) is 11.3 Å². The SMILES string of the molecule is O=C(O)CC[C@H]1CN(Cc2cccc3ccccc23)CC[C@H]1N1CCCC1. The molecule has 2 atom stereocenters. The third-order valence-corrected chi connectivity index (χ3v) is 6.39. The second kappa shape index (κ2) is 8.41. The fraction of sp³-hybridized carbons (Fsp3) is 0.522. The smallest absolute Gasteiger partial charge is 0.303 e. The van der Waals surface area contributed by atoms with E-state index in [1.54, 1.807) is 0 Å². The van der Waals surface area contributed by atoms with E-state index in [0.717, 1.165) is 32.5 Å². The molecule has 0 bridgehead atoms. The van der Waals surface area contributed by atoms with Gasteiger partial charge in [-0.2, -0.15) is 0 Å². The summed E-state index contributed by atoms with van der Waals surface area (Å²) in [5.74, 6) is -0.204. The molecule has 0 aromatic heterocycles. The van der Waals surface area contributed by atoms with Crippen molar-refractivity contribution in [1.82, 2.24) is 9.80 Å². The molecule has 2 fully saturated rings. The maximum Gasteiger partial charge on any atom is 0.303 e. The van der Waals surface area contributed by atoms with Crippen LogP contribution in [0.2, 0.25) is 0 Å². The van der Waals surface area contributed by atoms with Gasteiger partial charge in [-0.05, 0) is 67.6 Å². The Labute approximate surface area is 161 Å². The number of carboxylic acids is 1. The van der Waals surface area contributed by atoms with E-state index in [-0.39, 0.29) is 6.42 Å². The van der Waals surface area contributed by atoms with Crippen LogP contribution >= 0.6 is 0 Å². The standard InChI is InChI=1S/C23H30N2O2/c26-23(27)11-10-20-17-24(15-12-22(20)25-13-3-4-14-25)16-19-8-5-7-18-6-1-2-9-21(18)19/h1-2,5-9,20,22H,3-4,10-17H2,(H,26,27)/t20-,22+/m0/s1. The molecule has 144 valence electrons. The summed E-state index contributed by atoms with van der Waals surface area (Å²) >= 11 is 0. The molecule has 2 aliphatic rings. The molecule has 2 aromatic carbocycles. The summed E-state index contributed by atoms with van der Waals surface area (Å²) in [4.78, 5) is 16.3. The summed E-state index contributed by atoms with van der Waals surface area (Å²) in [5, 5.41) is 11.8. The minimum Gasteiger partial charge on any atom is -0.481 e. The first-order valence-corrected chi connectivity index (χ1v) is 10.4. The molecule has 2 aromatic rings. The molecule has 2 aliphatic heterocycles. The van der Waals surface area contributed by atoms with E-state index < -0.39 is 5.97 Å². The average molecular weight is 367 g/mol. The van der Waals surface area contributed by atoms with Crippen LogP contribution in [0.3, 0.4) is 0 Å². The van der Waals surface area contributed by atoms with E-state index in [0.29, 0.717) is 12.0 Å². The minimum atomic E-state index is -0.665. The van der Waals surface area contributed by atoms with Gasteiger partial charge < -0.3 is 10.0 Å². The number of carboxylic acid groups (broad SMARTS) is 1.